The molecule has 0 saturated carbocycles. The molecule has 0 fully saturated rings. The van der Waals surface area contributed by atoms with Crippen LogP contribution in [0, 0.1) is 10.1 Å². The van der Waals surface area contributed by atoms with Crippen LogP contribution in [0.2, 0.25) is 0 Å². The van der Waals surface area contributed by atoms with Gasteiger partial charge in [0.05, 0.1) is 38.5 Å². The zero-order valence-electron chi connectivity index (χ0n) is 21.1. The Morgan fingerprint density at radius 3 is 1.50 bits per heavy atom. The molecule has 6 rings (SSSR count). The van der Waals surface area contributed by atoms with Gasteiger partial charge in [0.1, 0.15) is 0 Å². The predicted molar refractivity (Wildman–Crippen MR) is 143 cm³/mol. The fourth-order valence-electron chi connectivity index (χ4n) is 4.04. The number of aromatic nitrogens is 4. The molecule has 0 aliphatic carbocycles. The standard InChI is InChI=1S/C14H8F3N3O2.C14H10F3N3/c15-14(16,17)10-1-3-11(4-2-10)19-8-9-7-12(20(21)22)5-6-13(9)18-19;15-14(16,17)10-1-4-12(5-2-10)20-8-9-7-11(18)3-6-13(9)19-20/h1-8H;1-8H,18H2. The second-order valence-electron chi connectivity index (χ2n) is 9.06. The van der Waals surface area contributed by atoms with Crippen molar-refractivity contribution in [3.8, 4) is 11.4 Å². The van der Waals surface area contributed by atoms with E-state index in [0.717, 1.165) is 35.2 Å². The first kappa shape index (κ1) is 28.1. The van der Waals surface area contributed by atoms with Gasteiger partial charge < -0.3 is 5.73 Å². The summed E-state index contributed by atoms with van der Waals surface area (Å²) in [5, 5.41) is 20.6. The number of nitrogen functional groups attached to an aromatic ring is 1. The van der Waals surface area contributed by atoms with Gasteiger partial charge in [0.25, 0.3) is 5.69 Å². The Kier molecular flexibility index (Phi) is 7.06. The molecule has 0 spiro atoms. The summed E-state index contributed by atoms with van der Waals surface area (Å²) < 4.78 is 78.0. The van der Waals surface area contributed by atoms with Crippen LogP contribution in [0.25, 0.3) is 33.2 Å². The normalized spacial score (nSPS) is 11.9. The number of non-ortho nitro benzene ring substituents is 1. The second kappa shape index (κ2) is 10.5. The summed E-state index contributed by atoms with van der Waals surface area (Å²) in [6.07, 6.45) is -5.46. The minimum absolute atomic E-state index is 0.0699. The Morgan fingerprint density at radius 1 is 0.643 bits per heavy atom. The topological polar surface area (TPSA) is 105 Å². The van der Waals surface area contributed by atoms with Crippen LogP contribution in [-0.2, 0) is 12.4 Å². The molecule has 214 valence electrons. The minimum Gasteiger partial charge on any atom is -0.399 e. The van der Waals surface area contributed by atoms with Crippen molar-refractivity contribution in [1.29, 1.82) is 0 Å². The zero-order valence-corrected chi connectivity index (χ0v) is 21.1. The van der Waals surface area contributed by atoms with Gasteiger partial charge in [-0.3, -0.25) is 10.1 Å². The zero-order chi connectivity index (χ0) is 30.2. The van der Waals surface area contributed by atoms with E-state index < -0.39 is 28.4 Å². The number of halogens is 6. The van der Waals surface area contributed by atoms with E-state index in [2.05, 4.69) is 10.2 Å². The van der Waals surface area contributed by atoms with Gasteiger partial charge in [0, 0.05) is 41.0 Å². The number of anilines is 1. The molecule has 0 bridgehead atoms. The number of nitro groups is 1. The number of fused-ring (bicyclic) bond motifs is 2. The molecule has 0 aliphatic rings. The molecule has 2 N–H and O–H groups in total. The monoisotopic (exact) mass is 584 g/mol. The van der Waals surface area contributed by atoms with Crippen LogP contribution in [-0.4, -0.2) is 24.5 Å². The van der Waals surface area contributed by atoms with Crippen molar-refractivity contribution in [1.82, 2.24) is 19.6 Å². The van der Waals surface area contributed by atoms with Crippen molar-refractivity contribution in [2.24, 2.45) is 0 Å². The van der Waals surface area contributed by atoms with E-state index >= 15 is 0 Å². The molecule has 0 saturated heterocycles. The van der Waals surface area contributed by atoms with Gasteiger partial charge in [-0.1, -0.05) is 0 Å². The molecular weight excluding hydrogens is 566 g/mol. The average molecular weight is 584 g/mol. The lowest BCUT2D eigenvalue weighted by Crippen LogP contribution is -2.05. The van der Waals surface area contributed by atoms with Crippen LogP contribution in [0.15, 0.2) is 97.3 Å². The van der Waals surface area contributed by atoms with E-state index in [1.807, 2.05) is 0 Å². The van der Waals surface area contributed by atoms with Gasteiger partial charge in [0.15, 0.2) is 0 Å². The first-order valence-corrected chi connectivity index (χ1v) is 12.0. The van der Waals surface area contributed by atoms with E-state index in [-0.39, 0.29) is 5.69 Å². The van der Waals surface area contributed by atoms with Crippen LogP contribution in [0.3, 0.4) is 0 Å². The second-order valence-corrected chi connectivity index (χ2v) is 9.06. The molecule has 4 aromatic carbocycles. The number of benzene rings is 4. The van der Waals surface area contributed by atoms with E-state index in [0.29, 0.717) is 28.0 Å². The number of hydrogen-bond acceptors (Lipinski definition) is 5. The lowest BCUT2D eigenvalue weighted by Gasteiger charge is -2.07. The van der Waals surface area contributed by atoms with Crippen molar-refractivity contribution < 1.29 is 31.3 Å². The first-order chi connectivity index (χ1) is 19.8. The number of nitrogens with zero attached hydrogens (tertiary/aromatic N) is 5. The summed E-state index contributed by atoms with van der Waals surface area (Å²) in [6.45, 7) is 0. The molecule has 6 aromatic rings. The summed E-state index contributed by atoms with van der Waals surface area (Å²) in [5.74, 6) is 0. The third-order valence-electron chi connectivity index (χ3n) is 6.15. The lowest BCUT2D eigenvalue weighted by atomic mass is 10.2. The highest BCUT2D eigenvalue weighted by atomic mass is 19.4. The lowest BCUT2D eigenvalue weighted by molar-refractivity contribution is -0.384. The van der Waals surface area contributed by atoms with Crippen LogP contribution in [0.1, 0.15) is 11.1 Å². The maximum atomic E-state index is 12.5. The summed E-state index contributed by atoms with van der Waals surface area (Å²) in [4.78, 5) is 10.2. The maximum absolute atomic E-state index is 12.5. The minimum atomic E-state index is -4.39. The van der Waals surface area contributed by atoms with E-state index in [4.69, 9.17) is 5.73 Å². The molecule has 0 unspecified atom stereocenters. The third kappa shape index (κ3) is 6.01. The van der Waals surface area contributed by atoms with Crippen molar-refractivity contribution >= 4 is 33.2 Å². The molecule has 0 amide bonds. The molecule has 2 aromatic heterocycles. The van der Waals surface area contributed by atoms with Crippen molar-refractivity contribution in [3.63, 3.8) is 0 Å². The molecular formula is C28H18F6N6O2. The summed E-state index contributed by atoms with van der Waals surface area (Å²) in [7, 11) is 0. The van der Waals surface area contributed by atoms with Gasteiger partial charge in [-0.25, -0.2) is 9.36 Å². The number of nitrogens with two attached hydrogens (primary N) is 1. The van der Waals surface area contributed by atoms with Gasteiger partial charge >= 0.3 is 12.4 Å². The first-order valence-electron chi connectivity index (χ1n) is 12.0. The van der Waals surface area contributed by atoms with Crippen LogP contribution >= 0.6 is 0 Å². The SMILES string of the molecule is Nc1ccc2nn(-c3ccc(C(F)(F)F)cc3)cc2c1.O=[N+]([O-])c1ccc2nn(-c3ccc(C(F)(F)F)cc3)cc2c1. The number of alkyl halides is 6. The van der Waals surface area contributed by atoms with Crippen LogP contribution in [0.4, 0.5) is 37.7 Å². The fraction of sp³-hybridized carbons (Fsp3) is 0.0714. The highest BCUT2D eigenvalue weighted by Gasteiger charge is 2.30. The van der Waals surface area contributed by atoms with Crippen LogP contribution in [0.5, 0.6) is 0 Å². The highest BCUT2D eigenvalue weighted by molar-refractivity contribution is 5.82. The molecule has 8 nitrogen and oxygen atoms in total. The van der Waals surface area contributed by atoms with Gasteiger partial charge in [-0.2, -0.15) is 36.5 Å². The van der Waals surface area contributed by atoms with E-state index in [1.165, 1.54) is 58.0 Å². The van der Waals surface area contributed by atoms with E-state index in [9.17, 15) is 36.5 Å². The summed E-state index contributed by atoms with van der Waals surface area (Å²) in [5.41, 5.74) is 7.05. The molecule has 0 aliphatic heterocycles. The largest absolute Gasteiger partial charge is 0.416 e. The van der Waals surface area contributed by atoms with Gasteiger partial charge in [-0.15, -0.1) is 0 Å². The van der Waals surface area contributed by atoms with Crippen molar-refractivity contribution in [2.45, 2.75) is 12.4 Å². The average Bonchev–Trinajstić information content (AvgIpc) is 3.56. The number of nitro benzene ring substituents is 1. The quantitative estimate of drug-likeness (QED) is 0.1000. The predicted octanol–water partition coefficient (Wildman–Crippen LogP) is 7.58. The van der Waals surface area contributed by atoms with E-state index in [1.54, 1.807) is 24.4 Å². The Bertz CT molecular complexity index is 1890. The molecule has 2 heterocycles. The fourth-order valence-corrected chi connectivity index (χ4v) is 4.04. The molecule has 42 heavy (non-hydrogen) atoms. The number of hydrogen-bond donors (Lipinski definition) is 1. The Balaban J connectivity index is 0.000000169. The summed E-state index contributed by atoms with van der Waals surface area (Å²) >= 11 is 0. The maximum Gasteiger partial charge on any atom is 0.416 e. The molecule has 14 heteroatoms. The number of rotatable bonds is 3. The molecule has 0 atom stereocenters. The van der Waals surface area contributed by atoms with Crippen molar-refractivity contribution in [3.05, 3.63) is 119 Å². The summed E-state index contributed by atoms with van der Waals surface area (Å²) in [6, 6.07) is 18.8. The Hall–Kier alpha value is -5.40. The molecule has 0 radical (unpaired) electrons. The van der Waals surface area contributed by atoms with Gasteiger partial charge in [-0.05, 0) is 72.8 Å². The van der Waals surface area contributed by atoms with Gasteiger partial charge in [0.2, 0.25) is 0 Å². The Morgan fingerprint density at radius 2 is 1.07 bits per heavy atom. The van der Waals surface area contributed by atoms with Crippen molar-refractivity contribution in [2.75, 3.05) is 5.73 Å². The highest BCUT2D eigenvalue weighted by Crippen LogP contribution is 2.31. The smallest absolute Gasteiger partial charge is 0.399 e. The van der Waals surface area contributed by atoms with Crippen LogP contribution < -0.4 is 5.73 Å². The Labute approximate surface area is 232 Å². The third-order valence-corrected chi connectivity index (χ3v) is 6.15.